The van der Waals surface area contributed by atoms with E-state index in [-0.39, 0.29) is 0 Å². The van der Waals surface area contributed by atoms with Crippen molar-refractivity contribution in [2.75, 3.05) is 0 Å². The van der Waals surface area contributed by atoms with Gasteiger partial charge in [-0.25, -0.2) is 0 Å². The Morgan fingerprint density at radius 2 is 1.71 bits per heavy atom. The molecule has 0 radical (unpaired) electrons. The Kier molecular flexibility index (Phi) is 7.13. The van der Waals surface area contributed by atoms with Crippen LogP contribution in [0.25, 0.3) is 0 Å². The van der Waals surface area contributed by atoms with Crippen LogP contribution in [0.15, 0.2) is 54.1 Å². The Morgan fingerprint density at radius 1 is 0.941 bits per heavy atom. The highest BCUT2D eigenvalue weighted by atomic mass is 14.0. The van der Waals surface area contributed by atoms with E-state index in [1.165, 1.54) is 43.2 Å². The molecule has 0 saturated heterocycles. The maximum atomic E-state index is 2.38. The van der Waals surface area contributed by atoms with E-state index in [4.69, 9.17) is 0 Å². The Balaban J connectivity index is 0.000000686. The lowest BCUT2D eigenvalue weighted by Gasteiger charge is -2.06. The molecule has 0 bridgehead atoms. The van der Waals surface area contributed by atoms with Crippen LogP contribution in [0.1, 0.15) is 45.1 Å². The van der Waals surface area contributed by atoms with E-state index in [2.05, 4.69) is 48.6 Å². The van der Waals surface area contributed by atoms with Crippen LogP contribution in [0.4, 0.5) is 0 Å². The standard InChI is InChI=1S/C15H18.C2H6/c1-3-8-14(9-4-1)12-7-13-15-10-5-2-6-11-15;1-2/h1,3-5,8-11H,2,6-7,12-13H2;1-2H3. The van der Waals surface area contributed by atoms with E-state index in [9.17, 15) is 0 Å². The Hall–Kier alpha value is -1.30. The summed E-state index contributed by atoms with van der Waals surface area (Å²) in [5.74, 6) is 0. The molecule has 0 saturated carbocycles. The first-order valence-corrected chi connectivity index (χ1v) is 6.84. The van der Waals surface area contributed by atoms with Gasteiger partial charge in [-0.05, 0) is 37.7 Å². The summed E-state index contributed by atoms with van der Waals surface area (Å²) in [5.41, 5.74) is 2.98. The molecule has 0 amide bonds. The number of hydrogen-bond acceptors (Lipinski definition) is 0. The lowest BCUT2D eigenvalue weighted by molar-refractivity contribution is 0.812. The molecule has 0 unspecified atom stereocenters. The van der Waals surface area contributed by atoms with Gasteiger partial charge in [-0.3, -0.25) is 0 Å². The van der Waals surface area contributed by atoms with Crippen LogP contribution < -0.4 is 0 Å². The molecular formula is C17H24. The van der Waals surface area contributed by atoms with E-state index in [1.54, 1.807) is 0 Å². The van der Waals surface area contributed by atoms with Crippen molar-refractivity contribution < 1.29 is 0 Å². The van der Waals surface area contributed by atoms with Crippen LogP contribution in [0.5, 0.6) is 0 Å². The highest BCUT2D eigenvalue weighted by molar-refractivity contribution is 5.22. The third kappa shape index (κ3) is 5.53. The summed E-state index contributed by atoms with van der Waals surface area (Å²) in [7, 11) is 0. The fourth-order valence-corrected chi connectivity index (χ4v) is 1.99. The van der Waals surface area contributed by atoms with Gasteiger partial charge in [0.1, 0.15) is 0 Å². The third-order valence-electron chi connectivity index (χ3n) is 2.85. The average molecular weight is 228 g/mol. The molecule has 1 aromatic rings. The number of allylic oxidation sites excluding steroid dienone is 4. The van der Waals surface area contributed by atoms with Crippen molar-refractivity contribution in [2.45, 2.75) is 46.0 Å². The summed E-state index contributed by atoms with van der Waals surface area (Å²) in [4.78, 5) is 0. The zero-order chi connectivity index (χ0) is 12.3. The minimum absolute atomic E-state index is 1.20. The molecule has 0 aliphatic heterocycles. The first-order valence-electron chi connectivity index (χ1n) is 6.84. The Bertz CT molecular complexity index is 344. The van der Waals surface area contributed by atoms with E-state index in [0.29, 0.717) is 0 Å². The molecule has 92 valence electrons. The Labute approximate surface area is 106 Å². The zero-order valence-corrected chi connectivity index (χ0v) is 11.2. The highest BCUT2D eigenvalue weighted by Gasteiger charge is 1.98. The second kappa shape index (κ2) is 8.81. The smallest absolute Gasteiger partial charge is 0.0276 e. The first-order chi connectivity index (χ1) is 8.45. The van der Waals surface area contributed by atoms with Crippen molar-refractivity contribution in [1.29, 1.82) is 0 Å². The van der Waals surface area contributed by atoms with Crippen LogP contribution in [0.3, 0.4) is 0 Å². The number of aryl methyl sites for hydroxylation is 1. The van der Waals surface area contributed by atoms with E-state index in [0.717, 1.165) is 0 Å². The van der Waals surface area contributed by atoms with E-state index >= 15 is 0 Å². The maximum absolute atomic E-state index is 2.38. The molecule has 0 atom stereocenters. The molecule has 1 aliphatic carbocycles. The van der Waals surface area contributed by atoms with Gasteiger partial charge < -0.3 is 0 Å². The van der Waals surface area contributed by atoms with Crippen LogP contribution in [-0.4, -0.2) is 0 Å². The van der Waals surface area contributed by atoms with Gasteiger partial charge in [0.25, 0.3) is 0 Å². The summed E-state index contributed by atoms with van der Waals surface area (Å²) in [6, 6.07) is 10.7. The zero-order valence-electron chi connectivity index (χ0n) is 11.2. The van der Waals surface area contributed by atoms with Gasteiger partial charge in [0.05, 0.1) is 0 Å². The predicted octanol–water partition coefficient (Wildman–Crippen LogP) is 5.31. The van der Waals surface area contributed by atoms with Gasteiger partial charge in [0.2, 0.25) is 0 Å². The molecule has 0 nitrogen and oxygen atoms in total. The van der Waals surface area contributed by atoms with Crippen molar-refractivity contribution in [1.82, 2.24) is 0 Å². The molecule has 0 N–H and O–H groups in total. The van der Waals surface area contributed by atoms with Crippen LogP contribution in [-0.2, 0) is 6.42 Å². The van der Waals surface area contributed by atoms with Crippen molar-refractivity contribution in [2.24, 2.45) is 0 Å². The fraction of sp³-hybridized carbons (Fsp3) is 0.412. The second-order valence-electron chi connectivity index (χ2n) is 4.10. The topological polar surface area (TPSA) is 0 Å². The van der Waals surface area contributed by atoms with Crippen molar-refractivity contribution in [3.8, 4) is 0 Å². The van der Waals surface area contributed by atoms with Crippen molar-refractivity contribution in [3.63, 3.8) is 0 Å². The molecule has 2 rings (SSSR count). The minimum atomic E-state index is 1.20. The van der Waals surface area contributed by atoms with Crippen LogP contribution in [0.2, 0.25) is 0 Å². The first kappa shape index (κ1) is 13.8. The summed E-state index contributed by atoms with van der Waals surface area (Å²) in [6.07, 6.45) is 13.1. The quantitative estimate of drug-likeness (QED) is 0.655. The second-order valence-corrected chi connectivity index (χ2v) is 4.10. The minimum Gasteiger partial charge on any atom is -0.0840 e. The molecule has 0 heterocycles. The SMILES string of the molecule is C1=CC(CCCc2ccccc2)=CCC1.CC. The molecule has 17 heavy (non-hydrogen) atoms. The maximum Gasteiger partial charge on any atom is -0.0276 e. The molecule has 0 fully saturated rings. The fourth-order valence-electron chi connectivity index (χ4n) is 1.99. The van der Waals surface area contributed by atoms with Gasteiger partial charge in [-0.15, -0.1) is 0 Å². The summed E-state index contributed by atoms with van der Waals surface area (Å²) in [5, 5.41) is 0. The lowest BCUT2D eigenvalue weighted by Crippen LogP contribution is -1.89. The van der Waals surface area contributed by atoms with Crippen molar-refractivity contribution in [3.05, 3.63) is 59.7 Å². The normalized spacial score (nSPS) is 13.6. The molecule has 1 aliphatic rings. The number of hydrogen-bond donors (Lipinski definition) is 0. The molecule has 0 aromatic heterocycles. The number of benzene rings is 1. The molecule has 0 spiro atoms. The molecule has 1 aromatic carbocycles. The average Bonchev–Trinajstić information content (AvgIpc) is 2.43. The van der Waals surface area contributed by atoms with Gasteiger partial charge in [-0.2, -0.15) is 0 Å². The largest absolute Gasteiger partial charge is 0.0840 e. The summed E-state index contributed by atoms with van der Waals surface area (Å²) in [6.45, 7) is 4.00. The molecular weight excluding hydrogens is 204 g/mol. The lowest BCUT2D eigenvalue weighted by atomic mass is 10.00. The van der Waals surface area contributed by atoms with Crippen LogP contribution >= 0.6 is 0 Å². The van der Waals surface area contributed by atoms with Crippen molar-refractivity contribution >= 4 is 0 Å². The van der Waals surface area contributed by atoms with Gasteiger partial charge in [0.15, 0.2) is 0 Å². The predicted molar refractivity (Wildman–Crippen MR) is 77.2 cm³/mol. The monoisotopic (exact) mass is 228 g/mol. The highest BCUT2D eigenvalue weighted by Crippen LogP contribution is 2.16. The van der Waals surface area contributed by atoms with E-state index < -0.39 is 0 Å². The van der Waals surface area contributed by atoms with E-state index in [1.807, 2.05) is 13.8 Å². The number of rotatable bonds is 4. The van der Waals surface area contributed by atoms with Gasteiger partial charge in [-0.1, -0.05) is 68.0 Å². The van der Waals surface area contributed by atoms with Crippen LogP contribution in [0, 0.1) is 0 Å². The van der Waals surface area contributed by atoms with Gasteiger partial charge in [0, 0.05) is 0 Å². The third-order valence-corrected chi connectivity index (χ3v) is 2.85. The summed E-state index contributed by atoms with van der Waals surface area (Å²) >= 11 is 0. The molecule has 0 heteroatoms. The Morgan fingerprint density at radius 3 is 2.35 bits per heavy atom. The van der Waals surface area contributed by atoms with Gasteiger partial charge >= 0.3 is 0 Å². The summed E-state index contributed by atoms with van der Waals surface area (Å²) < 4.78 is 0.